The predicted molar refractivity (Wildman–Crippen MR) is 97.9 cm³/mol. The van der Waals surface area contributed by atoms with Crippen LogP contribution in [-0.4, -0.2) is 22.7 Å². The van der Waals surface area contributed by atoms with Gasteiger partial charge in [-0.1, -0.05) is 6.07 Å². The van der Waals surface area contributed by atoms with Gasteiger partial charge < -0.3 is 18.6 Å². The van der Waals surface area contributed by atoms with E-state index in [1.54, 1.807) is 0 Å². The van der Waals surface area contributed by atoms with Crippen molar-refractivity contribution in [1.29, 1.82) is 0 Å². The van der Waals surface area contributed by atoms with Crippen molar-refractivity contribution in [2.45, 2.75) is 6.61 Å². The maximum atomic E-state index is 11.9. The van der Waals surface area contributed by atoms with Crippen molar-refractivity contribution >= 4 is 29.1 Å². The van der Waals surface area contributed by atoms with Crippen molar-refractivity contribution in [3.05, 3.63) is 63.4 Å². The van der Waals surface area contributed by atoms with Crippen LogP contribution in [0.5, 0.6) is 11.5 Å². The first kappa shape index (κ1) is 17.7. The number of benzene rings is 1. The van der Waals surface area contributed by atoms with E-state index in [-0.39, 0.29) is 24.7 Å². The van der Waals surface area contributed by atoms with Crippen LogP contribution in [0.25, 0.3) is 16.8 Å². The lowest BCUT2D eigenvalue weighted by molar-refractivity contribution is -0.385. The predicted octanol–water partition coefficient (Wildman–Crippen LogP) is 3.80. The Morgan fingerprint density at radius 1 is 1.36 bits per heavy atom. The minimum absolute atomic E-state index is 0.00709. The number of nitrogens with zero attached hydrogens (tertiary/aromatic N) is 2. The van der Waals surface area contributed by atoms with Crippen LogP contribution in [0, 0.1) is 10.1 Å². The van der Waals surface area contributed by atoms with Crippen LogP contribution in [0.3, 0.4) is 0 Å². The van der Waals surface area contributed by atoms with Gasteiger partial charge in [-0.05, 0) is 23.6 Å². The molecule has 1 aromatic carbocycles. The molecule has 0 spiro atoms. The molecule has 1 aliphatic rings. The first-order chi connectivity index (χ1) is 13.6. The second kappa shape index (κ2) is 7.53. The van der Waals surface area contributed by atoms with Gasteiger partial charge in [-0.25, -0.2) is 9.78 Å². The van der Waals surface area contributed by atoms with E-state index in [0.717, 1.165) is 11.0 Å². The van der Waals surface area contributed by atoms with Crippen molar-refractivity contribution in [3.8, 4) is 22.3 Å². The fraction of sp³-hybridized carbons (Fsp3) is 0.111. The minimum Gasteiger partial charge on any atom is -0.456 e. The van der Waals surface area contributed by atoms with Crippen molar-refractivity contribution in [1.82, 2.24) is 4.98 Å². The third kappa shape index (κ3) is 3.71. The molecule has 3 aromatic rings. The van der Waals surface area contributed by atoms with E-state index in [9.17, 15) is 14.9 Å². The summed E-state index contributed by atoms with van der Waals surface area (Å²) in [5.41, 5.74) is 0.456. The molecule has 0 aliphatic carbocycles. The summed E-state index contributed by atoms with van der Waals surface area (Å²) in [5.74, 6) is 0.446. The second-order valence-electron chi connectivity index (χ2n) is 5.58. The highest BCUT2D eigenvalue weighted by molar-refractivity contribution is 7.13. The van der Waals surface area contributed by atoms with Gasteiger partial charge >= 0.3 is 5.97 Å². The van der Waals surface area contributed by atoms with Gasteiger partial charge in [-0.2, -0.15) is 0 Å². The van der Waals surface area contributed by atoms with Crippen LogP contribution in [0.4, 0.5) is 5.69 Å². The van der Waals surface area contributed by atoms with E-state index in [1.807, 2.05) is 17.5 Å². The first-order valence-corrected chi connectivity index (χ1v) is 8.89. The molecule has 0 saturated carbocycles. The number of carbonyl (C=O) groups excluding carboxylic acids is 1. The summed E-state index contributed by atoms with van der Waals surface area (Å²) < 4.78 is 20.8. The number of hydrogen-bond acceptors (Lipinski definition) is 9. The molecule has 9 nitrogen and oxygen atoms in total. The average molecular weight is 400 g/mol. The molecule has 0 bridgehead atoms. The number of ether oxygens (including phenoxy) is 3. The standard InChI is InChI=1S/C18H12N2O7S/c21-17(24-8-12-9-25-18(19-12)16-2-1-5-28-16)4-3-11-6-14-15(27-10-26-14)7-13(11)20(22)23/h1-7,9H,8,10H2/b4-3+. The van der Waals surface area contributed by atoms with Crippen LogP contribution in [-0.2, 0) is 16.1 Å². The highest BCUT2D eigenvalue weighted by Crippen LogP contribution is 2.38. The Kier molecular flexibility index (Phi) is 4.77. The number of aromatic nitrogens is 1. The Morgan fingerprint density at radius 2 is 2.18 bits per heavy atom. The van der Waals surface area contributed by atoms with Crippen LogP contribution in [0.15, 0.2) is 46.4 Å². The topological polar surface area (TPSA) is 114 Å². The summed E-state index contributed by atoms with van der Waals surface area (Å²) in [4.78, 5) is 27.7. The van der Waals surface area contributed by atoms with E-state index in [2.05, 4.69) is 4.98 Å². The number of esters is 1. The smallest absolute Gasteiger partial charge is 0.331 e. The molecule has 0 unspecified atom stereocenters. The Bertz CT molecular complexity index is 1060. The van der Waals surface area contributed by atoms with E-state index >= 15 is 0 Å². The van der Waals surface area contributed by atoms with Gasteiger partial charge in [0.1, 0.15) is 18.6 Å². The maximum Gasteiger partial charge on any atom is 0.331 e. The molecule has 142 valence electrons. The molecule has 3 heterocycles. The monoisotopic (exact) mass is 400 g/mol. The summed E-state index contributed by atoms with van der Waals surface area (Å²) in [6, 6.07) is 6.45. The summed E-state index contributed by atoms with van der Waals surface area (Å²) in [6.45, 7) is -0.0891. The van der Waals surface area contributed by atoms with Crippen molar-refractivity contribution in [3.63, 3.8) is 0 Å². The zero-order valence-electron chi connectivity index (χ0n) is 14.2. The lowest BCUT2D eigenvalue weighted by Gasteiger charge is -2.01. The normalized spacial score (nSPS) is 12.4. The van der Waals surface area contributed by atoms with Crippen LogP contribution in [0.1, 0.15) is 11.3 Å². The SMILES string of the molecule is O=C(/C=C/c1cc2c(cc1[N+](=O)[O-])OCO2)OCc1coc(-c2cccs2)n1. The van der Waals surface area contributed by atoms with Gasteiger partial charge in [0.2, 0.25) is 12.7 Å². The average Bonchev–Trinajstić information content (AvgIpc) is 3.44. The number of oxazole rings is 1. The van der Waals surface area contributed by atoms with E-state index in [4.69, 9.17) is 18.6 Å². The maximum absolute atomic E-state index is 11.9. The molecule has 28 heavy (non-hydrogen) atoms. The van der Waals surface area contributed by atoms with Crippen molar-refractivity contribution < 1.29 is 28.3 Å². The number of nitro benzene ring substituents is 1. The second-order valence-corrected chi connectivity index (χ2v) is 6.53. The van der Waals surface area contributed by atoms with Crippen molar-refractivity contribution in [2.75, 3.05) is 6.79 Å². The number of hydrogen-bond donors (Lipinski definition) is 0. The van der Waals surface area contributed by atoms with Gasteiger partial charge in [0.25, 0.3) is 5.69 Å². The zero-order chi connectivity index (χ0) is 19.5. The Labute approximate surface area is 161 Å². The van der Waals surface area contributed by atoms with Crippen molar-refractivity contribution in [2.24, 2.45) is 0 Å². The largest absolute Gasteiger partial charge is 0.456 e. The number of fused-ring (bicyclic) bond motifs is 1. The molecule has 0 N–H and O–H groups in total. The highest BCUT2D eigenvalue weighted by atomic mass is 32.1. The van der Waals surface area contributed by atoms with Crippen LogP contribution >= 0.6 is 11.3 Å². The van der Waals surface area contributed by atoms with Gasteiger partial charge in [-0.15, -0.1) is 11.3 Å². The Morgan fingerprint density at radius 3 is 2.93 bits per heavy atom. The zero-order valence-corrected chi connectivity index (χ0v) is 15.0. The van der Waals surface area contributed by atoms with Gasteiger partial charge in [0.05, 0.1) is 21.4 Å². The molecule has 0 saturated heterocycles. The van der Waals surface area contributed by atoms with E-state index in [0.29, 0.717) is 23.1 Å². The molecule has 2 aromatic heterocycles. The first-order valence-electron chi connectivity index (χ1n) is 8.01. The Hall–Kier alpha value is -3.66. The minimum atomic E-state index is -0.673. The van der Waals surface area contributed by atoms with Gasteiger partial charge in [-0.3, -0.25) is 10.1 Å². The van der Waals surface area contributed by atoms with E-state index < -0.39 is 10.9 Å². The summed E-state index contributed by atoms with van der Waals surface area (Å²) in [5, 5.41) is 13.1. The Balaban J connectivity index is 1.41. The molecule has 10 heteroatoms. The molecule has 0 fully saturated rings. The molecule has 1 aliphatic heterocycles. The highest BCUT2D eigenvalue weighted by Gasteiger charge is 2.22. The van der Waals surface area contributed by atoms with Gasteiger partial charge in [0.15, 0.2) is 11.5 Å². The lowest BCUT2D eigenvalue weighted by Crippen LogP contribution is -2.01. The van der Waals surface area contributed by atoms with Gasteiger partial charge in [0, 0.05) is 6.08 Å². The molecule has 0 atom stereocenters. The summed E-state index contributed by atoms with van der Waals surface area (Å²) >= 11 is 1.48. The third-order valence-corrected chi connectivity index (χ3v) is 4.62. The summed E-state index contributed by atoms with van der Waals surface area (Å²) in [7, 11) is 0. The molecular formula is C18H12N2O7S. The fourth-order valence-electron chi connectivity index (χ4n) is 2.48. The van der Waals surface area contributed by atoms with E-state index in [1.165, 1.54) is 35.8 Å². The lowest BCUT2D eigenvalue weighted by atomic mass is 10.1. The van der Waals surface area contributed by atoms with Crippen LogP contribution < -0.4 is 9.47 Å². The van der Waals surface area contributed by atoms with Crippen LogP contribution in [0.2, 0.25) is 0 Å². The molecule has 0 radical (unpaired) electrons. The molecule has 0 amide bonds. The summed E-state index contributed by atoms with van der Waals surface area (Å²) in [6.07, 6.45) is 3.81. The number of nitro groups is 1. The molecule has 4 rings (SSSR count). The molecular weight excluding hydrogens is 388 g/mol. The fourth-order valence-corrected chi connectivity index (χ4v) is 3.13. The number of thiophene rings is 1. The number of carbonyl (C=O) groups is 1. The quantitative estimate of drug-likeness (QED) is 0.266. The number of rotatable bonds is 6. The third-order valence-electron chi connectivity index (χ3n) is 3.76.